The van der Waals surface area contributed by atoms with Crippen molar-refractivity contribution in [3.05, 3.63) is 46.2 Å². The van der Waals surface area contributed by atoms with Gasteiger partial charge >= 0.3 is 0 Å². The number of benzene rings is 1. The van der Waals surface area contributed by atoms with E-state index in [0.29, 0.717) is 5.84 Å². The molecule has 4 N–H and O–H groups in total. The first-order chi connectivity index (χ1) is 10.7. The molecule has 118 valence electrons. The van der Waals surface area contributed by atoms with Crippen molar-refractivity contribution >= 4 is 34.6 Å². The molecule has 0 unspecified atom stereocenters. The summed E-state index contributed by atoms with van der Waals surface area (Å²) in [5.74, 6) is 0.547. The second-order valence-corrected chi connectivity index (χ2v) is 6.52. The Hall–Kier alpha value is -1.34. The molecule has 2 aromatic rings. The maximum atomic E-state index is 8.82. The van der Waals surface area contributed by atoms with Gasteiger partial charge in [0.1, 0.15) is 5.84 Å². The summed E-state index contributed by atoms with van der Waals surface area (Å²) >= 11 is 3.30. The van der Waals surface area contributed by atoms with Crippen LogP contribution in [-0.2, 0) is 6.54 Å². The Morgan fingerprint density at radius 1 is 1.41 bits per heavy atom. The van der Waals surface area contributed by atoms with Crippen LogP contribution in [0.3, 0.4) is 0 Å². The molecule has 0 aliphatic heterocycles. The van der Waals surface area contributed by atoms with Gasteiger partial charge in [0.2, 0.25) is 0 Å². The summed E-state index contributed by atoms with van der Waals surface area (Å²) in [7, 11) is 0. The minimum absolute atomic E-state index is 0.212. The van der Waals surface area contributed by atoms with Crippen LogP contribution in [-0.4, -0.2) is 30.3 Å². The monoisotopic (exact) mass is 335 g/mol. The van der Waals surface area contributed by atoms with Gasteiger partial charge in [-0.15, -0.1) is 23.1 Å². The number of rotatable bonds is 8. The molecule has 0 bridgehead atoms. The van der Waals surface area contributed by atoms with Gasteiger partial charge in [-0.1, -0.05) is 6.07 Å². The Labute approximate surface area is 139 Å². The van der Waals surface area contributed by atoms with Crippen molar-refractivity contribution in [3.63, 3.8) is 0 Å². The molecule has 0 radical (unpaired) electrons. The van der Waals surface area contributed by atoms with E-state index in [2.05, 4.69) is 28.7 Å². The minimum atomic E-state index is 0.212. The Morgan fingerprint density at radius 2 is 2.27 bits per heavy atom. The van der Waals surface area contributed by atoms with Crippen molar-refractivity contribution in [2.45, 2.75) is 17.9 Å². The topological polar surface area (TPSA) is 70.6 Å². The molecule has 0 spiro atoms. The number of aliphatic hydroxyl groups excluding tert-OH is 1. The van der Waals surface area contributed by atoms with Crippen LogP contribution >= 0.6 is 23.1 Å². The third-order valence-corrected chi connectivity index (χ3v) is 4.84. The maximum Gasteiger partial charge on any atom is 0.141 e. The second kappa shape index (κ2) is 8.95. The molecule has 0 saturated carbocycles. The smallest absolute Gasteiger partial charge is 0.141 e. The van der Waals surface area contributed by atoms with Crippen molar-refractivity contribution in [1.82, 2.24) is 5.32 Å². The summed E-state index contributed by atoms with van der Waals surface area (Å²) in [6.45, 7) is 1.78. The lowest BCUT2D eigenvalue weighted by molar-refractivity contribution is 0.286. The molecule has 1 aromatic heterocycles. The summed E-state index contributed by atoms with van der Waals surface area (Å²) in [6, 6.07) is 10.1. The average Bonchev–Trinajstić information content (AvgIpc) is 3.06. The molecular weight excluding hydrogens is 314 g/mol. The van der Waals surface area contributed by atoms with Crippen molar-refractivity contribution < 1.29 is 5.11 Å². The van der Waals surface area contributed by atoms with Gasteiger partial charge < -0.3 is 16.2 Å². The van der Waals surface area contributed by atoms with E-state index < -0.39 is 0 Å². The molecule has 2 rings (SSSR count). The third kappa shape index (κ3) is 4.84. The van der Waals surface area contributed by atoms with Crippen molar-refractivity contribution in [2.75, 3.05) is 19.4 Å². The quantitative estimate of drug-likeness (QED) is 0.300. The number of nitrogens with zero attached hydrogens (tertiary/aromatic N) is 1. The summed E-state index contributed by atoms with van der Waals surface area (Å²) in [6.07, 6.45) is 2.83. The lowest BCUT2D eigenvalue weighted by Crippen LogP contribution is -2.16. The number of thiophene rings is 1. The molecule has 0 saturated heterocycles. The summed E-state index contributed by atoms with van der Waals surface area (Å²) < 4.78 is 0. The van der Waals surface area contributed by atoms with Gasteiger partial charge in [-0.05, 0) is 54.4 Å². The number of nitrogens with one attached hydrogen (secondary N) is 1. The third-order valence-electron chi connectivity index (χ3n) is 3.11. The van der Waals surface area contributed by atoms with Gasteiger partial charge in [0, 0.05) is 18.0 Å². The summed E-state index contributed by atoms with van der Waals surface area (Å²) in [4.78, 5) is 6.72. The molecule has 22 heavy (non-hydrogen) atoms. The zero-order valence-corrected chi connectivity index (χ0v) is 14.2. The van der Waals surface area contributed by atoms with E-state index in [0.717, 1.165) is 30.1 Å². The number of aliphatic hydroxyl groups is 1. The highest BCUT2D eigenvalue weighted by Gasteiger charge is 2.05. The van der Waals surface area contributed by atoms with Crippen LogP contribution in [0.4, 0.5) is 5.69 Å². The Kier molecular flexibility index (Phi) is 6.92. The van der Waals surface area contributed by atoms with Crippen LogP contribution in [0.25, 0.3) is 0 Å². The van der Waals surface area contributed by atoms with Crippen LogP contribution < -0.4 is 11.1 Å². The highest BCUT2D eigenvalue weighted by atomic mass is 32.2. The average molecular weight is 335 g/mol. The summed E-state index contributed by atoms with van der Waals surface area (Å²) in [5, 5.41) is 14.1. The predicted octanol–water partition coefficient (Wildman–Crippen LogP) is 2.98. The van der Waals surface area contributed by atoms with Crippen molar-refractivity contribution in [3.8, 4) is 0 Å². The number of hydrogen-bond acceptors (Lipinski definition) is 5. The Bertz CT molecular complexity index is 612. The minimum Gasteiger partial charge on any atom is -0.396 e. The van der Waals surface area contributed by atoms with Gasteiger partial charge in [0.15, 0.2) is 0 Å². The first kappa shape index (κ1) is 17.0. The highest BCUT2D eigenvalue weighted by molar-refractivity contribution is 7.98. The fourth-order valence-corrected chi connectivity index (χ4v) is 3.24. The number of aliphatic imine (C=N–C) groups is 1. The van der Waals surface area contributed by atoms with Crippen LogP contribution in [0.2, 0.25) is 0 Å². The summed E-state index contributed by atoms with van der Waals surface area (Å²) in [5.41, 5.74) is 8.11. The zero-order chi connectivity index (χ0) is 15.8. The van der Waals surface area contributed by atoms with E-state index >= 15 is 0 Å². The van der Waals surface area contributed by atoms with Gasteiger partial charge in [-0.2, -0.15) is 0 Å². The molecule has 6 heteroatoms. The van der Waals surface area contributed by atoms with E-state index in [-0.39, 0.29) is 6.61 Å². The largest absolute Gasteiger partial charge is 0.396 e. The maximum absolute atomic E-state index is 8.82. The van der Waals surface area contributed by atoms with Crippen molar-refractivity contribution in [1.29, 1.82) is 0 Å². The predicted molar refractivity (Wildman–Crippen MR) is 96.3 cm³/mol. The normalized spacial score (nSPS) is 11.8. The molecule has 1 heterocycles. The number of amidine groups is 1. The van der Waals surface area contributed by atoms with E-state index in [1.54, 1.807) is 23.1 Å². The SMILES string of the molecule is CSc1ccc(N=C(N)c2cccs2)cc1CNCCCO. The Balaban J connectivity index is 2.14. The lowest BCUT2D eigenvalue weighted by atomic mass is 10.2. The van der Waals surface area contributed by atoms with E-state index in [9.17, 15) is 0 Å². The molecule has 0 amide bonds. The first-order valence-corrected chi connectivity index (χ1v) is 9.21. The molecule has 0 aliphatic rings. The molecular formula is C16H21N3OS2. The zero-order valence-electron chi connectivity index (χ0n) is 12.6. The van der Waals surface area contributed by atoms with E-state index in [1.165, 1.54) is 10.5 Å². The van der Waals surface area contributed by atoms with Crippen LogP contribution in [0.15, 0.2) is 45.6 Å². The molecule has 0 atom stereocenters. The number of nitrogens with two attached hydrogens (primary N) is 1. The molecule has 0 aliphatic carbocycles. The van der Waals surface area contributed by atoms with E-state index in [4.69, 9.17) is 10.8 Å². The molecule has 4 nitrogen and oxygen atoms in total. The van der Waals surface area contributed by atoms with Crippen LogP contribution in [0, 0.1) is 0 Å². The lowest BCUT2D eigenvalue weighted by Gasteiger charge is -2.10. The first-order valence-electron chi connectivity index (χ1n) is 7.11. The standard InChI is InChI=1S/C16H21N3OS2/c1-21-14-6-5-13(10-12(14)11-18-7-3-8-20)19-16(17)15-4-2-9-22-15/h2,4-6,9-10,18,20H,3,7-8,11H2,1H3,(H2,17,19). The van der Waals surface area contributed by atoms with Gasteiger partial charge in [0.05, 0.1) is 10.6 Å². The Morgan fingerprint density at radius 3 is 2.95 bits per heavy atom. The molecule has 0 fully saturated rings. The van der Waals surface area contributed by atoms with Gasteiger partial charge in [0.25, 0.3) is 0 Å². The fourth-order valence-electron chi connectivity index (χ4n) is 2.02. The fraction of sp³-hybridized carbons (Fsp3) is 0.312. The van der Waals surface area contributed by atoms with Crippen molar-refractivity contribution in [2.24, 2.45) is 10.7 Å². The van der Waals surface area contributed by atoms with Gasteiger partial charge in [-0.25, -0.2) is 4.99 Å². The number of thioether (sulfide) groups is 1. The van der Waals surface area contributed by atoms with Gasteiger partial charge in [-0.3, -0.25) is 0 Å². The molecule has 1 aromatic carbocycles. The highest BCUT2D eigenvalue weighted by Crippen LogP contribution is 2.26. The van der Waals surface area contributed by atoms with Crippen LogP contribution in [0.5, 0.6) is 0 Å². The van der Waals surface area contributed by atoms with Crippen LogP contribution in [0.1, 0.15) is 16.9 Å². The number of hydrogen-bond donors (Lipinski definition) is 3. The van der Waals surface area contributed by atoms with E-state index in [1.807, 2.05) is 23.6 Å². The second-order valence-electron chi connectivity index (χ2n) is 4.72.